The molecule has 0 saturated heterocycles. The molecule has 4 nitrogen and oxygen atoms in total. The number of aromatic nitrogens is 2. The smallest absolute Gasteiger partial charge is 0.131 e. The lowest BCUT2D eigenvalue weighted by molar-refractivity contribution is 0.688. The van der Waals surface area contributed by atoms with E-state index in [4.69, 9.17) is 5.73 Å². The van der Waals surface area contributed by atoms with Crippen molar-refractivity contribution in [1.82, 2.24) is 9.97 Å². The highest BCUT2D eigenvalue weighted by molar-refractivity contribution is 7.98. The maximum absolute atomic E-state index is 5.65. The maximum atomic E-state index is 5.65. The van der Waals surface area contributed by atoms with E-state index in [2.05, 4.69) is 21.5 Å². The first-order chi connectivity index (χ1) is 8.22. The molecule has 1 aromatic heterocycles. The molecule has 0 aromatic carbocycles. The molecule has 0 aliphatic heterocycles. The largest absolute Gasteiger partial charge is 0.384 e. The number of hydrogen-bond acceptors (Lipinski definition) is 5. The third-order valence-corrected chi connectivity index (χ3v) is 3.14. The summed E-state index contributed by atoms with van der Waals surface area (Å²) in [5, 5.41) is 3.28. The molecule has 0 aliphatic rings. The van der Waals surface area contributed by atoms with Crippen molar-refractivity contribution in [3.05, 3.63) is 11.9 Å². The van der Waals surface area contributed by atoms with E-state index in [-0.39, 0.29) is 0 Å². The molecule has 0 bridgehead atoms. The number of anilines is 2. The van der Waals surface area contributed by atoms with Crippen LogP contribution < -0.4 is 11.1 Å². The van der Waals surface area contributed by atoms with Crippen LogP contribution in [0, 0.1) is 6.92 Å². The van der Waals surface area contributed by atoms with Crippen molar-refractivity contribution in [3.8, 4) is 0 Å². The zero-order valence-corrected chi connectivity index (χ0v) is 11.5. The van der Waals surface area contributed by atoms with Crippen LogP contribution in [0.4, 0.5) is 11.6 Å². The van der Waals surface area contributed by atoms with E-state index in [1.54, 1.807) is 6.07 Å². The summed E-state index contributed by atoms with van der Waals surface area (Å²) in [5.74, 6) is 3.35. The quantitative estimate of drug-likeness (QED) is 0.698. The van der Waals surface area contributed by atoms with Crippen molar-refractivity contribution in [3.63, 3.8) is 0 Å². The van der Waals surface area contributed by atoms with Crippen molar-refractivity contribution < 1.29 is 0 Å². The molecule has 96 valence electrons. The van der Waals surface area contributed by atoms with E-state index < -0.39 is 0 Å². The van der Waals surface area contributed by atoms with Crippen LogP contribution in [0.2, 0.25) is 0 Å². The molecule has 0 saturated carbocycles. The highest BCUT2D eigenvalue weighted by Gasteiger charge is 1.98. The Kier molecular flexibility index (Phi) is 6.77. The number of nitrogen functional groups attached to an aromatic ring is 1. The summed E-state index contributed by atoms with van der Waals surface area (Å²) in [5.41, 5.74) is 5.65. The van der Waals surface area contributed by atoms with Gasteiger partial charge in [0.1, 0.15) is 17.5 Å². The summed E-state index contributed by atoms with van der Waals surface area (Å²) in [6.45, 7) is 2.80. The number of rotatable bonds is 8. The van der Waals surface area contributed by atoms with Gasteiger partial charge in [-0.05, 0) is 31.8 Å². The second-order valence-electron chi connectivity index (χ2n) is 4.06. The zero-order valence-electron chi connectivity index (χ0n) is 10.7. The number of hydrogen-bond donors (Lipinski definition) is 2. The van der Waals surface area contributed by atoms with Gasteiger partial charge in [-0.3, -0.25) is 0 Å². The monoisotopic (exact) mass is 254 g/mol. The highest BCUT2D eigenvalue weighted by Crippen LogP contribution is 2.09. The Bertz CT molecular complexity index is 310. The van der Waals surface area contributed by atoms with Gasteiger partial charge in [-0.2, -0.15) is 11.8 Å². The fraction of sp³-hybridized carbons (Fsp3) is 0.667. The minimum atomic E-state index is 0.528. The van der Waals surface area contributed by atoms with Crippen molar-refractivity contribution >= 4 is 23.4 Å². The summed E-state index contributed by atoms with van der Waals surface area (Å²) in [6, 6.07) is 1.78. The fourth-order valence-corrected chi connectivity index (χ4v) is 2.12. The van der Waals surface area contributed by atoms with Crippen molar-refractivity contribution in [2.75, 3.05) is 29.6 Å². The third-order valence-electron chi connectivity index (χ3n) is 2.44. The van der Waals surface area contributed by atoms with Crippen LogP contribution in [-0.2, 0) is 0 Å². The lowest BCUT2D eigenvalue weighted by Crippen LogP contribution is -2.06. The van der Waals surface area contributed by atoms with Gasteiger partial charge in [0.2, 0.25) is 0 Å². The Hall–Kier alpha value is -0.970. The molecule has 17 heavy (non-hydrogen) atoms. The molecule has 1 heterocycles. The average Bonchev–Trinajstić information content (AvgIpc) is 2.26. The zero-order chi connectivity index (χ0) is 12.5. The van der Waals surface area contributed by atoms with Gasteiger partial charge < -0.3 is 11.1 Å². The van der Waals surface area contributed by atoms with Gasteiger partial charge in [0.25, 0.3) is 0 Å². The Balaban J connectivity index is 2.13. The Morgan fingerprint density at radius 2 is 2.00 bits per heavy atom. The third kappa shape index (κ3) is 6.36. The van der Waals surface area contributed by atoms with Crippen LogP contribution in [0.25, 0.3) is 0 Å². The summed E-state index contributed by atoms with van der Waals surface area (Å²) in [4.78, 5) is 8.31. The molecule has 1 aromatic rings. The Labute approximate surface area is 108 Å². The fourth-order valence-electron chi connectivity index (χ4n) is 1.62. The number of nitrogens with zero attached hydrogens (tertiary/aromatic N) is 2. The topological polar surface area (TPSA) is 63.8 Å². The molecule has 0 amide bonds. The minimum Gasteiger partial charge on any atom is -0.384 e. The number of unbranched alkanes of at least 4 members (excludes halogenated alkanes) is 3. The van der Waals surface area contributed by atoms with Crippen LogP contribution in [0.15, 0.2) is 6.07 Å². The first-order valence-corrected chi connectivity index (χ1v) is 7.45. The van der Waals surface area contributed by atoms with Gasteiger partial charge in [-0.1, -0.05) is 12.8 Å². The average molecular weight is 254 g/mol. The normalized spacial score (nSPS) is 10.5. The van der Waals surface area contributed by atoms with Crippen molar-refractivity contribution in [2.45, 2.75) is 32.6 Å². The predicted molar refractivity (Wildman–Crippen MR) is 76.5 cm³/mol. The number of nitrogens with one attached hydrogen (secondary N) is 1. The first-order valence-electron chi connectivity index (χ1n) is 6.06. The van der Waals surface area contributed by atoms with Gasteiger partial charge in [0.05, 0.1) is 0 Å². The molecular formula is C12H22N4S. The molecule has 3 N–H and O–H groups in total. The highest BCUT2D eigenvalue weighted by atomic mass is 32.2. The lowest BCUT2D eigenvalue weighted by Gasteiger charge is -2.06. The van der Waals surface area contributed by atoms with E-state index in [9.17, 15) is 0 Å². The van der Waals surface area contributed by atoms with Crippen LogP contribution >= 0.6 is 11.8 Å². The molecule has 1 rings (SSSR count). The number of thioether (sulfide) groups is 1. The summed E-state index contributed by atoms with van der Waals surface area (Å²) >= 11 is 1.92. The molecule has 5 heteroatoms. The summed E-state index contributed by atoms with van der Waals surface area (Å²) in [6.07, 6.45) is 7.24. The van der Waals surface area contributed by atoms with Crippen LogP contribution in [0.3, 0.4) is 0 Å². The molecular weight excluding hydrogens is 232 g/mol. The molecule has 0 aliphatic carbocycles. The Morgan fingerprint density at radius 1 is 1.24 bits per heavy atom. The number of nitrogens with two attached hydrogens (primary N) is 1. The van der Waals surface area contributed by atoms with Gasteiger partial charge in [0, 0.05) is 12.6 Å². The molecule has 0 unspecified atom stereocenters. The second-order valence-corrected chi connectivity index (χ2v) is 5.04. The van der Waals surface area contributed by atoms with E-state index in [0.29, 0.717) is 11.6 Å². The molecule has 0 radical (unpaired) electrons. The first kappa shape index (κ1) is 14.1. The van der Waals surface area contributed by atoms with E-state index in [0.717, 1.165) is 12.4 Å². The SMILES string of the molecule is CSCCCCCCNc1cc(N)nc(C)n1. The van der Waals surface area contributed by atoms with E-state index in [1.165, 1.54) is 31.4 Å². The van der Waals surface area contributed by atoms with Gasteiger partial charge in [0.15, 0.2) is 0 Å². The molecule has 0 atom stereocenters. The van der Waals surface area contributed by atoms with Gasteiger partial charge in [-0.25, -0.2) is 9.97 Å². The number of aryl methyl sites for hydroxylation is 1. The van der Waals surface area contributed by atoms with Crippen LogP contribution in [-0.4, -0.2) is 28.5 Å². The van der Waals surface area contributed by atoms with Crippen LogP contribution in [0.5, 0.6) is 0 Å². The van der Waals surface area contributed by atoms with Crippen molar-refractivity contribution in [2.24, 2.45) is 0 Å². The standard InChI is InChI=1S/C12H22N4S/c1-10-15-11(13)9-12(16-10)14-7-5-3-4-6-8-17-2/h9H,3-8H2,1-2H3,(H3,13,14,15,16). The Morgan fingerprint density at radius 3 is 2.71 bits per heavy atom. The predicted octanol–water partition coefficient (Wildman–Crippen LogP) is 2.70. The molecule has 0 fully saturated rings. The summed E-state index contributed by atoms with van der Waals surface area (Å²) in [7, 11) is 0. The second kappa shape index (κ2) is 8.17. The van der Waals surface area contributed by atoms with Crippen LogP contribution in [0.1, 0.15) is 31.5 Å². The minimum absolute atomic E-state index is 0.528. The lowest BCUT2D eigenvalue weighted by atomic mass is 10.2. The van der Waals surface area contributed by atoms with Crippen molar-refractivity contribution in [1.29, 1.82) is 0 Å². The maximum Gasteiger partial charge on any atom is 0.131 e. The van der Waals surface area contributed by atoms with Gasteiger partial charge >= 0.3 is 0 Å². The van der Waals surface area contributed by atoms with Gasteiger partial charge in [-0.15, -0.1) is 0 Å². The van der Waals surface area contributed by atoms with E-state index >= 15 is 0 Å². The van der Waals surface area contributed by atoms with E-state index in [1.807, 2.05) is 18.7 Å². The summed E-state index contributed by atoms with van der Waals surface area (Å²) < 4.78 is 0. The molecule has 0 spiro atoms.